The third-order valence-corrected chi connectivity index (χ3v) is 4.89. The van der Waals surface area contributed by atoms with Crippen molar-refractivity contribution in [2.75, 3.05) is 5.32 Å². The van der Waals surface area contributed by atoms with Crippen LogP contribution in [0.15, 0.2) is 42.6 Å². The van der Waals surface area contributed by atoms with Crippen molar-refractivity contribution in [1.29, 1.82) is 0 Å². The van der Waals surface area contributed by atoms with E-state index in [0.717, 1.165) is 21.1 Å². The number of pyridine rings is 1. The van der Waals surface area contributed by atoms with Crippen molar-refractivity contribution in [3.8, 4) is 11.3 Å². The maximum Gasteiger partial charge on any atom is 0.319 e. The molecule has 0 saturated heterocycles. The molecule has 25 heavy (non-hydrogen) atoms. The fraction of sp³-hybridized carbons (Fsp3) is 0.118. The molecule has 3 aromatic rings. The van der Waals surface area contributed by atoms with Gasteiger partial charge in [0.05, 0.1) is 17.9 Å². The molecule has 2 heterocycles. The van der Waals surface area contributed by atoms with Crippen molar-refractivity contribution in [2.24, 2.45) is 0 Å². The van der Waals surface area contributed by atoms with Gasteiger partial charge in [-0.3, -0.25) is 0 Å². The second-order valence-electron chi connectivity index (χ2n) is 5.17. The van der Waals surface area contributed by atoms with Gasteiger partial charge in [-0.05, 0) is 31.2 Å². The Hall–Kier alpha value is -2.15. The number of rotatable bonds is 4. The van der Waals surface area contributed by atoms with Crippen LogP contribution < -0.4 is 10.6 Å². The summed E-state index contributed by atoms with van der Waals surface area (Å²) in [6.45, 7) is 2.32. The van der Waals surface area contributed by atoms with Gasteiger partial charge in [0.25, 0.3) is 0 Å². The highest BCUT2D eigenvalue weighted by Crippen LogP contribution is 2.28. The molecule has 0 aliphatic heterocycles. The first-order chi connectivity index (χ1) is 12.0. The number of carbonyl (C=O) groups is 1. The number of amides is 2. The minimum Gasteiger partial charge on any atom is -0.331 e. The zero-order valence-electron chi connectivity index (χ0n) is 13.2. The molecule has 0 bridgehead atoms. The Morgan fingerprint density at radius 2 is 1.96 bits per heavy atom. The van der Waals surface area contributed by atoms with Gasteiger partial charge >= 0.3 is 6.03 Å². The van der Waals surface area contributed by atoms with Gasteiger partial charge in [-0.15, -0.1) is 11.3 Å². The number of hydrogen-bond acceptors (Lipinski definition) is 4. The summed E-state index contributed by atoms with van der Waals surface area (Å²) in [5.41, 5.74) is 2.35. The lowest BCUT2D eigenvalue weighted by Gasteiger charge is -2.07. The molecule has 2 amide bonds. The lowest BCUT2D eigenvalue weighted by atomic mass is 10.1. The van der Waals surface area contributed by atoms with Crippen molar-refractivity contribution in [3.63, 3.8) is 0 Å². The van der Waals surface area contributed by atoms with E-state index in [4.69, 9.17) is 23.2 Å². The van der Waals surface area contributed by atoms with Crippen LogP contribution in [0.4, 0.5) is 10.5 Å². The van der Waals surface area contributed by atoms with E-state index in [0.29, 0.717) is 17.3 Å². The van der Waals surface area contributed by atoms with Gasteiger partial charge in [-0.25, -0.2) is 14.8 Å². The van der Waals surface area contributed by atoms with Crippen LogP contribution in [0.5, 0.6) is 0 Å². The first-order valence-electron chi connectivity index (χ1n) is 7.40. The number of nitrogens with zero attached hydrogens (tertiary/aromatic N) is 2. The number of aryl methyl sites for hydroxylation is 1. The molecular weight excluding hydrogens is 379 g/mol. The first kappa shape index (κ1) is 17.7. The SMILES string of the molecule is Cc1sc(CNC(=O)Nc2cccnc2Cl)nc1-c1ccc(Cl)cc1. The molecule has 128 valence electrons. The topological polar surface area (TPSA) is 66.9 Å². The minimum atomic E-state index is -0.365. The number of benzene rings is 1. The van der Waals surface area contributed by atoms with Gasteiger partial charge in [-0.1, -0.05) is 35.3 Å². The summed E-state index contributed by atoms with van der Waals surface area (Å²) in [5, 5.41) is 7.17. The highest BCUT2D eigenvalue weighted by molar-refractivity contribution is 7.12. The Balaban J connectivity index is 1.64. The Kier molecular flexibility index (Phi) is 5.53. The molecule has 0 spiro atoms. The molecule has 2 N–H and O–H groups in total. The number of halogens is 2. The standard InChI is InChI=1S/C17H14Cl2N4OS/c1-10-15(11-4-6-12(18)7-5-11)23-14(25-10)9-21-17(24)22-13-3-2-8-20-16(13)19/h2-8H,9H2,1H3,(H2,21,22,24). The summed E-state index contributed by atoms with van der Waals surface area (Å²) in [4.78, 5) is 21.6. The van der Waals surface area contributed by atoms with Crippen LogP contribution in [0.2, 0.25) is 10.2 Å². The molecule has 0 unspecified atom stereocenters. The van der Waals surface area contributed by atoms with E-state index in [1.54, 1.807) is 18.3 Å². The van der Waals surface area contributed by atoms with E-state index in [1.807, 2.05) is 31.2 Å². The second-order valence-corrected chi connectivity index (χ2v) is 7.25. The molecule has 0 aliphatic rings. The Morgan fingerprint density at radius 3 is 2.68 bits per heavy atom. The van der Waals surface area contributed by atoms with Crippen LogP contribution in [-0.4, -0.2) is 16.0 Å². The zero-order valence-corrected chi connectivity index (χ0v) is 15.5. The maximum atomic E-state index is 12.0. The maximum absolute atomic E-state index is 12.0. The molecule has 2 aromatic heterocycles. The monoisotopic (exact) mass is 392 g/mol. The minimum absolute atomic E-state index is 0.243. The van der Waals surface area contributed by atoms with Crippen LogP contribution in [0.25, 0.3) is 11.3 Å². The normalized spacial score (nSPS) is 10.5. The number of aromatic nitrogens is 2. The quantitative estimate of drug-likeness (QED) is 0.603. The summed E-state index contributed by atoms with van der Waals surface area (Å²) in [6.07, 6.45) is 1.56. The zero-order chi connectivity index (χ0) is 17.8. The summed E-state index contributed by atoms with van der Waals surface area (Å²) in [6, 6.07) is 10.5. The van der Waals surface area contributed by atoms with Crippen molar-refractivity contribution in [1.82, 2.24) is 15.3 Å². The average Bonchev–Trinajstić information content (AvgIpc) is 2.97. The number of urea groups is 1. The molecule has 8 heteroatoms. The second kappa shape index (κ2) is 7.82. The van der Waals surface area contributed by atoms with Gasteiger partial charge in [-0.2, -0.15) is 0 Å². The third-order valence-electron chi connectivity index (χ3n) is 3.37. The highest BCUT2D eigenvalue weighted by atomic mass is 35.5. The molecule has 0 fully saturated rings. The number of nitrogens with one attached hydrogen (secondary N) is 2. The lowest BCUT2D eigenvalue weighted by molar-refractivity contribution is 0.251. The largest absolute Gasteiger partial charge is 0.331 e. The van der Waals surface area contributed by atoms with E-state index in [-0.39, 0.29) is 11.2 Å². The first-order valence-corrected chi connectivity index (χ1v) is 8.98. The Bertz CT molecular complexity index is 896. The Labute approximate surface area is 159 Å². The molecule has 0 aliphatic carbocycles. The number of hydrogen-bond donors (Lipinski definition) is 2. The molecule has 0 radical (unpaired) electrons. The van der Waals surface area contributed by atoms with Crippen LogP contribution in [0.1, 0.15) is 9.88 Å². The molecule has 1 aromatic carbocycles. The molecule has 0 saturated carbocycles. The summed E-state index contributed by atoms with van der Waals surface area (Å²) in [7, 11) is 0. The average molecular weight is 393 g/mol. The van der Waals surface area contributed by atoms with Crippen LogP contribution in [0, 0.1) is 6.92 Å². The van der Waals surface area contributed by atoms with Gasteiger partial charge in [0, 0.05) is 21.7 Å². The van der Waals surface area contributed by atoms with Crippen LogP contribution in [-0.2, 0) is 6.54 Å². The van der Waals surface area contributed by atoms with Crippen molar-refractivity contribution >= 4 is 46.3 Å². The summed E-state index contributed by atoms with van der Waals surface area (Å²) < 4.78 is 0. The highest BCUT2D eigenvalue weighted by Gasteiger charge is 2.11. The molecular formula is C17H14Cl2N4OS. The van der Waals surface area contributed by atoms with Crippen LogP contribution in [0.3, 0.4) is 0 Å². The van der Waals surface area contributed by atoms with E-state index in [9.17, 15) is 4.79 Å². The third kappa shape index (κ3) is 4.48. The predicted octanol–water partition coefficient (Wildman–Crippen LogP) is 5.14. The fourth-order valence-electron chi connectivity index (χ4n) is 2.20. The number of carbonyl (C=O) groups excluding carboxylic acids is 1. The van der Waals surface area contributed by atoms with Gasteiger partial charge in [0.1, 0.15) is 5.01 Å². The molecule has 3 rings (SSSR count). The molecule has 5 nitrogen and oxygen atoms in total. The molecule has 0 atom stereocenters. The number of anilines is 1. The van der Waals surface area contributed by atoms with E-state index in [2.05, 4.69) is 20.6 Å². The van der Waals surface area contributed by atoms with Crippen molar-refractivity contribution in [2.45, 2.75) is 13.5 Å². The van der Waals surface area contributed by atoms with Crippen molar-refractivity contribution in [3.05, 3.63) is 62.7 Å². The van der Waals surface area contributed by atoms with E-state index < -0.39 is 0 Å². The summed E-state index contributed by atoms with van der Waals surface area (Å²) >= 11 is 13.4. The predicted molar refractivity (Wildman–Crippen MR) is 102 cm³/mol. The summed E-state index contributed by atoms with van der Waals surface area (Å²) in [5.74, 6) is 0. The van der Waals surface area contributed by atoms with Gasteiger partial charge in [0.15, 0.2) is 5.15 Å². The smallest absolute Gasteiger partial charge is 0.319 e. The van der Waals surface area contributed by atoms with Gasteiger partial charge in [0.2, 0.25) is 0 Å². The van der Waals surface area contributed by atoms with Crippen molar-refractivity contribution < 1.29 is 4.79 Å². The van der Waals surface area contributed by atoms with Crippen LogP contribution >= 0.6 is 34.5 Å². The Morgan fingerprint density at radius 1 is 1.20 bits per heavy atom. The lowest BCUT2D eigenvalue weighted by Crippen LogP contribution is -2.28. The number of thiazole rings is 1. The fourth-order valence-corrected chi connectivity index (χ4v) is 3.39. The van der Waals surface area contributed by atoms with E-state index in [1.165, 1.54) is 11.3 Å². The van der Waals surface area contributed by atoms with E-state index >= 15 is 0 Å². The van der Waals surface area contributed by atoms with Gasteiger partial charge < -0.3 is 10.6 Å².